The number of hydrogen-bond donors (Lipinski definition) is 0. The lowest BCUT2D eigenvalue weighted by Gasteiger charge is -2.35. The van der Waals surface area contributed by atoms with E-state index < -0.39 is 10.0 Å². The third kappa shape index (κ3) is 3.04. The van der Waals surface area contributed by atoms with E-state index in [1.54, 1.807) is 24.3 Å². The van der Waals surface area contributed by atoms with Crippen LogP contribution in [0.5, 0.6) is 0 Å². The summed E-state index contributed by atoms with van der Waals surface area (Å²) in [5, 5.41) is 8.90. The van der Waals surface area contributed by atoms with Crippen molar-refractivity contribution in [3.05, 3.63) is 28.7 Å². The van der Waals surface area contributed by atoms with Crippen LogP contribution in [-0.4, -0.2) is 49.8 Å². The van der Waals surface area contributed by atoms with Crippen LogP contribution < -0.4 is 0 Å². The number of benzene rings is 1. The van der Waals surface area contributed by atoms with E-state index >= 15 is 0 Å². The number of halogens is 1. The van der Waals surface area contributed by atoms with Gasteiger partial charge in [0.15, 0.2) is 0 Å². The van der Waals surface area contributed by atoms with E-state index in [9.17, 15) is 8.42 Å². The summed E-state index contributed by atoms with van der Waals surface area (Å²) in [4.78, 5) is 2.29. The van der Waals surface area contributed by atoms with Gasteiger partial charge < -0.3 is 0 Å². The van der Waals surface area contributed by atoms with Gasteiger partial charge >= 0.3 is 0 Å². The molecule has 2 rings (SSSR count). The lowest BCUT2D eigenvalue weighted by Crippen LogP contribution is -2.50. The first-order chi connectivity index (χ1) is 9.46. The topological polar surface area (TPSA) is 64.4 Å². The Labute approximate surface area is 128 Å². The molecule has 0 aliphatic carbocycles. The third-order valence-corrected chi connectivity index (χ3v) is 6.37. The second-order valence-corrected chi connectivity index (χ2v) is 7.44. The van der Waals surface area contributed by atoms with Crippen molar-refractivity contribution in [2.24, 2.45) is 0 Å². The first kappa shape index (κ1) is 15.4. The fourth-order valence-corrected chi connectivity index (χ4v) is 4.59. The van der Waals surface area contributed by atoms with Crippen LogP contribution in [0.3, 0.4) is 0 Å². The largest absolute Gasteiger partial charge is 0.286 e. The maximum atomic E-state index is 12.6. The summed E-state index contributed by atoms with van der Waals surface area (Å²) in [5.74, 6) is 0. The van der Waals surface area contributed by atoms with Crippen LogP contribution in [0.25, 0.3) is 0 Å². The molecule has 1 aliphatic heterocycles. The Kier molecular flexibility index (Phi) is 4.81. The van der Waals surface area contributed by atoms with E-state index in [4.69, 9.17) is 5.26 Å². The lowest BCUT2D eigenvalue weighted by atomic mass is 10.2. The number of sulfonamides is 1. The highest BCUT2D eigenvalue weighted by Gasteiger charge is 2.30. The summed E-state index contributed by atoms with van der Waals surface area (Å²) in [6.07, 6.45) is 0. The molecule has 1 aliphatic rings. The molecule has 0 unspecified atom stereocenters. The van der Waals surface area contributed by atoms with Crippen LogP contribution in [0.4, 0.5) is 0 Å². The van der Waals surface area contributed by atoms with Gasteiger partial charge in [-0.3, -0.25) is 4.90 Å². The van der Waals surface area contributed by atoms with Crippen LogP contribution in [-0.2, 0) is 10.0 Å². The SMILES string of the molecule is C[C@@H](C#N)N1CCN(S(=O)(=O)c2ccccc2Br)CC1. The smallest absolute Gasteiger partial charge is 0.244 e. The molecule has 1 aromatic rings. The minimum absolute atomic E-state index is 0.177. The molecule has 0 radical (unpaired) electrons. The van der Waals surface area contributed by atoms with Crippen LogP contribution in [0.2, 0.25) is 0 Å². The quantitative estimate of drug-likeness (QED) is 0.825. The van der Waals surface area contributed by atoms with Gasteiger partial charge in [-0.1, -0.05) is 12.1 Å². The van der Waals surface area contributed by atoms with Gasteiger partial charge in [0, 0.05) is 30.7 Å². The molecule has 0 spiro atoms. The number of piperazine rings is 1. The number of rotatable bonds is 3. The summed E-state index contributed by atoms with van der Waals surface area (Å²) in [7, 11) is -3.47. The minimum atomic E-state index is -3.47. The normalized spacial score (nSPS) is 19.4. The Morgan fingerprint density at radius 3 is 2.40 bits per heavy atom. The lowest BCUT2D eigenvalue weighted by molar-refractivity contribution is 0.169. The van der Waals surface area contributed by atoms with Gasteiger partial charge in [0.25, 0.3) is 0 Å². The number of hydrogen-bond acceptors (Lipinski definition) is 4. The molecule has 108 valence electrons. The molecule has 1 aromatic carbocycles. The Balaban J connectivity index is 2.15. The van der Waals surface area contributed by atoms with Gasteiger partial charge in [-0.2, -0.15) is 9.57 Å². The van der Waals surface area contributed by atoms with Gasteiger partial charge in [0.2, 0.25) is 10.0 Å². The van der Waals surface area contributed by atoms with E-state index in [0.29, 0.717) is 35.5 Å². The highest BCUT2D eigenvalue weighted by molar-refractivity contribution is 9.10. The van der Waals surface area contributed by atoms with Crippen molar-refractivity contribution in [3.8, 4) is 6.07 Å². The molecule has 1 saturated heterocycles. The van der Waals surface area contributed by atoms with Crippen molar-refractivity contribution in [3.63, 3.8) is 0 Å². The van der Waals surface area contributed by atoms with Crippen molar-refractivity contribution in [1.29, 1.82) is 5.26 Å². The average molecular weight is 358 g/mol. The summed E-state index contributed by atoms with van der Waals surface area (Å²) >= 11 is 3.29. The van der Waals surface area contributed by atoms with Gasteiger partial charge in [0.05, 0.1) is 17.0 Å². The van der Waals surface area contributed by atoms with Gasteiger partial charge in [-0.25, -0.2) is 8.42 Å². The summed E-state index contributed by atoms with van der Waals surface area (Å²) in [6.45, 7) is 3.82. The van der Waals surface area contributed by atoms with Crippen molar-refractivity contribution < 1.29 is 8.42 Å². The maximum absolute atomic E-state index is 12.6. The van der Waals surface area contributed by atoms with E-state index in [0.717, 1.165) is 0 Å². The fourth-order valence-electron chi connectivity index (χ4n) is 2.21. The van der Waals surface area contributed by atoms with E-state index in [1.165, 1.54) is 4.31 Å². The predicted octanol–water partition coefficient (Wildman–Crippen LogP) is 1.67. The van der Waals surface area contributed by atoms with Crippen LogP contribution in [0.15, 0.2) is 33.6 Å². The van der Waals surface area contributed by atoms with Crippen LogP contribution in [0.1, 0.15) is 6.92 Å². The Morgan fingerprint density at radius 1 is 1.25 bits per heavy atom. The monoisotopic (exact) mass is 357 g/mol. The zero-order chi connectivity index (χ0) is 14.8. The molecule has 0 N–H and O–H groups in total. The van der Waals surface area contributed by atoms with Crippen LogP contribution in [0, 0.1) is 11.3 Å². The van der Waals surface area contributed by atoms with Crippen molar-refractivity contribution in [2.45, 2.75) is 17.9 Å². The third-order valence-electron chi connectivity index (χ3n) is 3.46. The highest BCUT2D eigenvalue weighted by atomic mass is 79.9. The molecule has 1 atom stereocenters. The van der Waals surface area contributed by atoms with E-state index in [2.05, 4.69) is 22.0 Å². The van der Waals surface area contributed by atoms with E-state index in [-0.39, 0.29) is 6.04 Å². The first-order valence-electron chi connectivity index (χ1n) is 6.35. The average Bonchev–Trinajstić information content (AvgIpc) is 2.47. The Hall–Kier alpha value is -0.940. The molecule has 1 fully saturated rings. The molecule has 1 heterocycles. The van der Waals surface area contributed by atoms with Gasteiger partial charge in [0.1, 0.15) is 0 Å². The zero-order valence-corrected chi connectivity index (χ0v) is 13.6. The number of nitrogens with zero attached hydrogens (tertiary/aromatic N) is 3. The molecule has 0 bridgehead atoms. The standard InChI is InChI=1S/C13H16BrN3O2S/c1-11(10-15)16-6-8-17(9-7-16)20(18,19)13-5-3-2-4-12(13)14/h2-5,11H,6-9H2,1H3/t11-/m0/s1. The Morgan fingerprint density at radius 2 is 1.85 bits per heavy atom. The van der Waals surface area contributed by atoms with Crippen molar-refractivity contribution in [1.82, 2.24) is 9.21 Å². The summed E-state index contributed by atoms with van der Waals surface area (Å²) in [5.41, 5.74) is 0. The molecule has 5 nitrogen and oxygen atoms in total. The molecular formula is C13H16BrN3O2S. The van der Waals surface area contributed by atoms with Crippen molar-refractivity contribution in [2.75, 3.05) is 26.2 Å². The zero-order valence-electron chi connectivity index (χ0n) is 11.2. The maximum Gasteiger partial charge on any atom is 0.244 e. The van der Waals surface area contributed by atoms with E-state index in [1.807, 2.05) is 11.8 Å². The summed E-state index contributed by atoms with van der Waals surface area (Å²) in [6, 6.07) is 8.83. The van der Waals surface area contributed by atoms with Gasteiger partial charge in [-0.15, -0.1) is 0 Å². The first-order valence-corrected chi connectivity index (χ1v) is 8.58. The molecular weight excluding hydrogens is 342 g/mol. The van der Waals surface area contributed by atoms with Crippen molar-refractivity contribution >= 4 is 26.0 Å². The van der Waals surface area contributed by atoms with Crippen LogP contribution >= 0.6 is 15.9 Å². The molecule has 0 aromatic heterocycles. The second kappa shape index (κ2) is 6.22. The molecule has 7 heteroatoms. The highest BCUT2D eigenvalue weighted by Crippen LogP contribution is 2.25. The minimum Gasteiger partial charge on any atom is -0.286 e. The molecule has 20 heavy (non-hydrogen) atoms. The second-order valence-electron chi connectivity index (χ2n) is 4.68. The molecule has 0 saturated carbocycles. The fraction of sp³-hybridized carbons (Fsp3) is 0.462. The number of nitriles is 1. The summed E-state index contributed by atoms with van der Waals surface area (Å²) < 4.78 is 27.2. The Bertz CT molecular complexity index is 619. The van der Waals surface area contributed by atoms with Gasteiger partial charge in [-0.05, 0) is 35.0 Å². The molecule has 0 amide bonds. The predicted molar refractivity (Wildman–Crippen MR) is 79.5 cm³/mol.